The topological polar surface area (TPSA) is 54.3 Å². The Morgan fingerprint density at radius 2 is 2.21 bits per heavy atom. The van der Waals surface area contributed by atoms with Gasteiger partial charge in [-0.15, -0.1) is 0 Å². The Hall–Kier alpha value is -1.25. The third-order valence-electron chi connectivity index (χ3n) is 2.58. The maximum Gasteiger partial charge on any atom is 0.175 e. The summed E-state index contributed by atoms with van der Waals surface area (Å²) in [6.07, 6.45) is 0. The van der Waals surface area contributed by atoms with Crippen molar-refractivity contribution in [3.05, 3.63) is 22.2 Å². The average Bonchev–Trinajstić information content (AvgIpc) is 2.41. The normalized spacial score (nSPS) is 11.7. The van der Waals surface area contributed by atoms with E-state index in [1.807, 2.05) is 26.0 Å². The van der Waals surface area contributed by atoms with Crippen molar-refractivity contribution in [3.63, 3.8) is 0 Å². The predicted octanol–water partition coefficient (Wildman–Crippen LogP) is 3.11. The van der Waals surface area contributed by atoms with Crippen LogP contribution in [0.25, 0.3) is 0 Å². The van der Waals surface area contributed by atoms with E-state index in [0.717, 1.165) is 15.8 Å². The lowest BCUT2D eigenvalue weighted by atomic mass is 10.1. The van der Waals surface area contributed by atoms with E-state index in [1.54, 1.807) is 7.11 Å². The smallest absolute Gasteiger partial charge is 0.175 e. The number of nitrogens with zero attached hydrogens (tertiary/aromatic N) is 1. The van der Waals surface area contributed by atoms with Crippen LogP contribution in [-0.4, -0.2) is 20.3 Å². The first-order chi connectivity index (χ1) is 9.12. The number of methoxy groups -OCH3 is 1. The highest BCUT2D eigenvalue weighted by atomic mass is 79.9. The van der Waals surface area contributed by atoms with Crippen LogP contribution in [0.15, 0.2) is 16.6 Å². The van der Waals surface area contributed by atoms with Gasteiger partial charge in [0.25, 0.3) is 0 Å². The van der Waals surface area contributed by atoms with E-state index >= 15 is 0 Å². The summed E-state index contributed by atoms with van der Waals surface area (Å²) >= 11 is 3.49. The number of ether oxygens (including phenoxy) is 2. The summed E-state index contributed by atoms with van der Waals surface area (Å²) in [6, 6.07) is 6.14. The minimum Gasteiger partial charge on any atom is -0.493 e. The lowest BCUT2D eigenvalue weighted by molar-refractivity contribution is 0.308. The minimum absolute atomic E-state index is 0.00744. The standard InChI is InChI=1S/C14H19BrN2O2/c1-4-19-14-12(15)5-11(6-13(14)18-3)9-17-8-10(2)7-16/h5-6,10,17H,4,8-9H2,1-3H3. The van der Waals surface area contributed by atoms with Gasteiger partial charge < -0.3 is 14.8 Å². The van der Waals surface area contributed by atoms with Crippen LogP contribution in [0.3, 0.4) is 0 Å². The van der Waals surface area contributed by atoms with Gasteiger partial charge in [-0.25, -0.2) is 0 Å². The second-order valence-corrected chi connectivity index (χ2v) is 5.06. The van der Waals surface area contributed by atoms with Crippen molar-refractivity contribution >= 4 is 15.9 Å². The first-order valence-electron chi connectivity index (χ1n) is 6.21. The molecule has 1 N–H and O–H groups in total. The number of hydrogen-bond acceptors (Lipinski definition) is 4. The van der Waals surface area contributed by atoms with Crippen LogP contribution in [0.5, 0.6) is 11.5 Å². The van der Waals surface area contributed by atoms with Gasteiger partial charge >= 0.3 is 0 Å². The van der Waals surface area contributed by atoms with Crippen molar-refractivity contribution in [2.75, 3.05) is 20.3 Å². The molecule has 0 radical (unpaired) electrons. The van der Waals surface area contributed by atoms with E-state index in [1.165, 1.54) is 0 Å². The van der Waals surface area contributed by atoms with Gasteiger partial charge in [-0.3, -0.25) is 0 Å². The van der Waals surface area contributed by atoms with E-state index in [9.17, 15) is 0 Å². The first-order valence-corrected chi connectivity index (χ1v) is 7.01. The molecule has 0 aliphatic heterocycles. The molecule has 4 nitrogen and oxygen atoms in total. The molecule has 0 aliphatic rings. The van der Waals surface area contributed by atoms with Gasteiger partial charge in [-0.1, -0.05) is 0 Å². The molecular weight excluding hydrogens is 308 g/mol. The van der Waals surface area contributed by atoms with E-state index in [-0.39, 0.29) is 5.92 Å². The van der Waals surface area contributed by atoms with Gasteiger partial charge in [0, 0.05) is 13.1 Å². The third-order valence-corrected chi connectivity index (χ3v) is 3.17. The molecule has 5 heteroatoms. The monoisotopic (exact) mass is 326 g/mol. The third kappa shape index (κ3) is 4.73. The molecule has 1 unspecified atom stereocenters. The number of rotatable bonds is 7. The molecule has 104 valence electrons. The summed E-state index contributed by atoms with van der Waals surface area (Å²) in [4.78, 5) is 0. The molecule has 0 saturated heterocycles. The van der Waals surface area contributed by atoms with E-state index < -0.39 is 0 Å². The van der Waals surface area contributed by atoms with Crippen LogP contribution >= 0.6 is 15.9 Å². The highest BCUT2D eigenvalue weighted by Crippen LogP contribution is 2.36. The van der Waals surface area contributed by atoms with Crippen LogP contribution < -0.4 is 14.8 Å². The number of nitrogens with one attached hydrogen (secondary N) is 1. The van der Waals surface area contributed by atoms with Gasteiger partial charge in [-0.2, -0.15) is 5.26 Å². The molecule has 0 aliphatic carbocycles. The van der Waals surface area contributed by atoms with Gasteiger partial charge in [0.15, 0.2) is 11.5 Å². The Labute approximate surface area is 122 Å². The van der Waals surface area contributed by atoms with Crippen molar-refractivity contribution in [3.8, 4) is 17.6 Å². The number of halogens is 1. The van der Waals surface area contributed by atoms with Crippen LogP contribution in [0.1, 0.15) is 19.4 Å². The van der Waals surface area contributed by atoms with Gasteiger partial charge in [0.2, 0.25) is 0 Å². The molecule has 0 spiro atoms. The van der Waals surface area contributed by atoms with Crippen molar-refractivity contribution in [2.24, 2.45) is 5.92 Å². The summed E-state index contributed by atoms with van der Waals surface area (Å²) in [5.41, 5.74) is 1.08. The van der Waals surface area contributed by atoms with Crippen molar-refractivity contribution in [2.45, 2.75) is 20.4 Å². The average molecular weight is 327 g/mol. The first kappa shape index (κ1) is 15.8. The zero-order chi connectivity index (χ0) is 14.3. The van der Waals surface area contributed by atoms with Crippen LogP contribution in [0.4, 0.5) is 0 Å². The lowest BCUT2D eigenvalue weighted by Gasteiger charge is -2.14. The second kappa shape index (κ2) is 8.03. The summed E-state index contributed by atoms with van der Waals surface area (Å²) in [6.45, 7) is 5.77. The quantitative estimate of drug-likeness (QED) is 0.836. The summed E-state index contributed by atoms with van der Waals surface area (Å²) in [5.74, 6) is 1.44. The van der Waals surface area contributed by atoms with Crippen LogP contribution in [0.2, 0.25) is 0 Å². The number of benzene rings is 1. The molecule has 1 aromatic carbocycles. The Kier molecular flexibility index (Phi) is 6.68. The van der Waals surface area contributed by atoms with E-state index in [0.29, 0.717) is 25.4 Å². The van der Waals surface area contributed by atoms with E-state index in [4.69, 9.17) is 14.7 Å². The Morgan fingerprint density at radius 1 is 1.47 bits per heavy atom. The SMILES string of the molecule is CCOc1c(Br)cc(CNCC(C)C#N)cc1OC. The largest absolute Gasteiger partial charge is 0.493 e. The van der Waals surface area contributed by atoms with Crippen molar-refractivity contribution in [1.82, 2.24) is 5.32 Å². The number of hydrogen-bond donors (Lipinski definition) is 1. The summed E-state index contributed by atoms with van der Waals surface area (Å²) in [7, 11) is 1.62. The van der Waals surface area contributed by atoms with Crippen LogP contribution in [-0.2, 0) is 6.54 Å². The molecule has 0 heterocycles. The molecule has 0 saturated carbocycles. The van der Waals surface area contributed by atoms with Gasteiger partial charge in [0.05, 0.1) is 30.2 Å². The number of nitriles is 1. The molecule has 0 bridgehead atoms. The highest BCUT2D eigenvalue weighted by Gasteiger charge is 2.11. The van der Waals surface area contributed by atoms with E-state index in [2.05, 4.69) is 27.3 Å². The molecule has 19 heavy (non-hydrogen) atoms. The molecule has 1 aromatic rings. The molecule has 0 aromatic heterocycles. The molecule has 0 fully saturated rings. The van der Waals surface area contributed by atoms with Crippen LogP contribution in [0, 0.1) is 17.2 Å². The summed E-state index contributed by atoms with van der Waals surface area (Å²) in [5, 5.41) is 12.0. The van der Waals surface area contributed by atoms with Crippen molar-refractivity contribution in [1.29, 1.82) is 5.26 Å². The second-order valence-electron chi connectivity index (χ2n) is 4.20. The van der Waals surface area contributed by atoms with Gasteiger partial charge in [0.1, 0.15) is 0 Å². The fraction of sp³-hybridized carbons (Fsp3) is 0.500. The maximum atomic E-state index is 8.72. The fourth-order valence-corrected chi connectivity index (χ4v) is 2.24. The molecule has 0 amide bonds. The van der Waals surface area contributed by atoms with Gasteiger partial charge in [-0.05, 0) is 47.5 Å². The Morgan fingerprint density at radius 3 is 2.79 bits per heavy atom. The minimum atomic E-state index is 0.00744. The molecular formula is C14H19BrN2O2. The predicted molar refractivity (Wildman–Crippen MR) is 78.3 cm³/mol. The zero-order valence-corrected chi connectivity index (χ0v) is 13.1. The zero-order valence-electron chi connectivity index (χ0n) is 11.5. The lowest BCUT2D eigenvalue weighted by Crippen LogP contribution is -2.19. The maximum absolute atomic E-state index is 8.72. The fourth-order valence-electron chi connectivity index (χ4n) is 1.64. The summed E-state index contributed by atoms with van der Waals surface area (Å²) < 4.78 is 11.7. The Bertz CT molecular complexity index is 457. The molecule has 1 atom stereocenters. The van der Waals surface area contributed by atoms with Crippen molar-refractivity contribution < 1.29 is 9.47 Å². The Balaban J connectivity index is 2.75. The molecule has 1 rings (SSSR count). The highest BCUT2D eigenvalue weighted by molar-refractivity contribution is 9.10.